The molecule has 1 aliphatic rings. The van der Waals surface area contributed by atoms with Gasteiger partial charge >= 0.3 is 0 Å². The molecule has 2 heterocycles. The van der Waals surface area contributed by atoms with Crippen LogP contribution in [0.15, 0.2) is 0 Å². The Kier molecular flexibility index (Phi) is 3.69. The Morgan fingerprint density at radius 3 is 2.62 bits per heavy atom. The fourth-order valence-electron chi connectivity index (χ4n) is 2.47. The van der Waals surface area contributed by atoms with Crippen LogP contribution in [0, 0.1) is 12.8 Å². The maximum Gasteiger partial charge on any atom is 0.142 e. The number of nitrogens with two attached hydrogens (primary N) is 1. The molecule has 3 nitrogen and oxygen atoms in total. The second kappa shape index (κ2) is 5.04. The molecule has 2 N–H and O–H groups in total. The van der Waals surface area contributed by atoms with Gasteiger partial charge in [0.2, 0.25) is 0 Å². The van der Waals surface area contributed by atoms with Gasteiger partial charge in [-0.3, -0.25) is 0 Å². The molecule has 1 saturated heterocycles. The molecule has 0 aliphatic carbocycles. The normalized spacial score (nSPS) is 18.0. The third-order valence-corrected chi connectivity index (χ3v) is 4.56. The number of rotatable bonds is 3. The second-order valence-electron chi connectivity index (χ2n) is 4.72. The van der Waals surface area contributed by atoms with Crippen molar-refractivity contribution in [2.24, 2.45) is 5.92 Å². The summed E-state index contributed by atoms with van der Waals surface area (Å²) in [5.41, 5.74) is 6.96. The summed E-state index contributed by atoms with van der Waals surface area (Å²) in [6.45, 7) is 6.70. The molecule has 0 aromatic carbocycles. The van der Waals surface area contributed by atoms with Crippen LogP contribution in [0.4, 0.5) is 10.8 Å². The third kappa shape index (κ3) is 2.32. The quantitative estimate of drug-likeness (QED) is 0.881. The summed E-state index contributed by atoms with van der Waals surface area (Å²) in [5.74, 6) is 1.64. The molecular formula is C12H21N3S. The number of anilines is 2. The number of nitrogens with zero attached hydrogens (tertiary/aromatic N) is 2. The number of aromatic nitrogens is 1. The summed E-state index contributed by atoms with van der Waals surface area (Å²) in [5, 5.41) is 1.28. The van der Waals surface area contributed by atoms with Crippen LogP contribution in [0.1, 0.15) is 38.2 Å². The average molecular weight is 239 g/mol. The lowest BCUT2D eigenvalue weighted by molar-refractivity contribution is 0.379. The molecule has 0 bridgehead atoms. The summed E-state index contributed by atoms with van der Waals surface area (Å²) in [6.07, 6.45) is 5.35. The first kappa shape index (κ1) is 11.7. The first-order chi connectivity index (χ1) is 7.72. The Hall–Kier alpha value is -0.770. The predicted octanol–water partition coefficient (Wildman–Crippen LogP) is 3.05. The van der Waals surface area contributed by atoms with Gasteiger partial charge in [0, 0.05) is 18.7 Å². The largest absolute Gasteiger partial charge is 0.383 e. The lowest BCUT2D eigenvalue weighted by atomic mass is 9.92. The molecule has 1 aromatic heterocycles. The van der Waals surface area contributed by atoms with Crippen LogP contribution in [-0.4, -0.2) is 17.5 Å². The van der Waals surface area contributed by atoms with E-state index in [1.165, 1.54) is 49.3 Å². The van der Waals surface area contributed by atoms with E-state index in [1.807, 2.05) is 0 Å². The van der Waals surface area contributed by atoms with E-state index in [2.05, 4.69) is 23.1 Å². The van der Waals surface area contributed by atoms with E-state index in [0.717, 1.165) is 5.92 Å². The molecule has 0 atom stereocenters. The molecule has 4 heteroatoms. The zero-order valence-electron chi connectivity index (χ0n) is 10.2. The number of piperidine rings is 1. The van der Waals surface area contributed by atoms with Crippen LogP contribution < -0.4 is 10.6 Å². The van der Waals surface area contributed by atoms with Crippen LogP contribution in [0.3, 0.4) is 0 Å². The molecule has 16 heavy (non-hydrogen) atoms. The highest BCUT2D eigenvalue weighted by Crippen LogP contribution is 2.33. The van der Waals surface area contributed by atoms with E-state index >= 15 is 0 Å². The molecule has 0 radical (unpaired) electrons. The first-order valence-corrected chi connectivity index (χ1v) is 6.96. The fourth-order valence-corrected chi connectivity index (χ4v) is 3.33. The van der Waals surface area contributed by atoms with Crippen molar-refractivity contribution >= 4 is 22.4 Å². The topological polar surface area (TPSA) is 42.2 Å². The van der Waals surface area contributed by atoms with E-state index in [4.69, 9.17) is 5.73 Å². The first-order valence-electron chi connectivity index (χ1n) is 6.19. The summed E-state index contributed by atoms with van der Waals surface area (Å²) in [7, 11) is 0. The molecule has 0 amide bonds. The Morgan fingerprint density at radius 2 is 2.12 bits per heavy atom. The van der Waals surface area contributed by atoms with Gasteiger partial charge in [0.25, 0.3) is 0 Å². The molecule has 1 aliphatic heterocycles. The van der Waals surface area contributed by atoms with Gasteiger partial charge in [0.1, 0.15) is 10.8 Å². The van der Waals surface area contributed by atoms with Crippen molar-refractivity contribution in [3.8, 4) is 0 Å². The van der Waals surface area contributed by atoms with Gasteiger partial charge in [-0.15, -0.1) is 0 Å². The van der Waals surface area contributed by atoms with Crippen LogP contribution in [0.2, 0.25) is 0 Å². The molecule has 2 rings (SSSR count). The minimum Gasteiger partial charge on any atom is -0.383 e. The van der Waals surface area contributed by atoms with Crippen LogP contribution in [-0.2, 0) is 0 Å². The molecular weight excluding hydrogens is 218 g/mol. The average Bonchev–Trinajstić information content (AvgIpc) is 2.62. The predicted molar refractivity (Wildman–Crippen MR) is 71.1 cm³/mol. The molecule has 0 spiro atoms. The highest BCUT2D eigenvalue weighted by molar-refractivity contribution is 7.10. The summed E-state index contributed by atoms with van der Waals surface area (Å²) >= 11 is 1.55. The van der Waals surface area contributed by atoms with Gasteiger partial charge in [-0.2, -0.15) is 4.37 Å². The molecule has 0 saturated carbocycles. The van der Waals surface area contributed by atoms with E-state index in [0.29, 0.717) is 5.82 Å². The van der Waals surface area contributed by atoms with Gasteiger partial charge in [-0.05, 0) is 37.2 Å². The van der Waals surface area contributed by atoms with E-state index in [1.54, 1.807) is 11.5 Å². The number of hydrogen-bond donors (Lipinski definition) is 1. The second-order valence-corrected chi connectivity index (χ2v) is 5.47. The Morgan fingerprint density at radius 1 is 1.44 bits per heavy atom. The molecule has 1 aromatic rings. The van der Waals surface area contributed by atoms with Crippen molar-refractivity contribution < 1.29 is 0 Å². The minimum atomic E-state index is 0.704. The van der Waals surface area contributed by atoms with Crippen LogP contribution >= 0.6 is 11.5 Å². The van der Waals surface area contributed by atoms with Crippen molar-refractivity contribution in [1.82, 2.24) is 4.37 Å². The molecule has 0 unspecified atom stereocenters. The van der Waals surface area contributed by atoms with Crippen molar-refractivity contribution in [2.75, 3.05) is 23.7 Å². The maximum absolute atomic E-state index is 5.79. The monoisotopic (exact) mass is 239 g/mol. The smallest absolute Gasteiger partial charge is 0.142 e. The van der Waals surface area contributed by atoms with Gasteiger partial charge in [-0.25, -0.2) is 0 Å². The maximum atomic E-state index is 5.79. The standard InChI is InChI=1S/C12H21N3S/c1-3-4-10-5-7-15(8-6-10)12-9(2)11(13)14-16-12/h10H,3-8H2,1-2H3,(H2,13,14). The van der Waals surface area contributed by atoms with Crippen LogP contribution in [0.25, 0.3) is 0 Å². The van der Waals surface area contributed by atoms with E-state index in [-0.39, 0.29) is 0 Å². The van der Waals surface area contributed by atoms with Crippen molar-refractivity contribution in [1.29, 1.82) is 0 Å². The van der Waals surface area contributed by atoms with Gasteiger partial charge in [0.15, 0.2) is 0 Å². The van der Waals surface area contributed by atoms with E-state index in [9.17, 15) is 0 Å². The molecule has 90 valence electrons. The zero-order valence-corrected chi connectivity index (χ0v) is 11.0. The molecule has 1 fully saturated rings. The van der Waals surface area contributed by atoms with Crippen LogP contribution in [0.5, 0.6) is 0 Å². The van der Waals surface area contributed by atoms with Crippen molar-refractivity contribution in [2.45, 2.75) is 39.5 Å². The van der Waals surface area contributed by atoms with Crippen molar-refractivity contribution in [3.05, 3.63) is 5.56 Å². The third-order valence-electron chi connectivity index (χ3n) is 3.53. The summed E-state index contributed by atoms with van der Waals surface area (Å²) < 4.78 is 4.22. The van der Waals surface area contributed by atoms with Gasteiger partial charge < -0.3 is 10.6 Å². The highest BCUT2D eigenvalue weighted by Gasteiger charge is 2.21. The highest BCUT2D eigenvalue weighted by atomic mass is 32.1. The Balaban J connectivity index is 1.96. The van der Waals surface area contributed by atoms with Crippen molar-refractivity contribution in [3.63, 3.8) is 0 Å². The Labute approximate surface area is 102 Å². The zero-order chi connectivity index (χ0) is 11.5. The number of nitrogen functional groups attached to an aromatic ring is 1. The van der Waals surface area contributed by atoms with Gasteiger partial charge in [0.05, 0.1) is 0 Å². The lowest BCUT2D eigenvalue weighted by Gasteiger charge is -2.32. The van der Waals surface area contributed by atoms with E-state index < -0.39 is 0 Å². The SMILES string of the molecule is CCCC1CCN(c2snc(N)c2C)CC1. The van der Waals surface area contributed by atoms with Gasteiger partial charge in [-0.1, -0.05) is 19.8 Å². The number of hydrogen-bond acceptors (Lipinski definition) is 4. The summed E-state index contributed by atoms with van der Waals surface area (Å²) in [4.78, 5) is 2.45. The summed E-state index contributed by atoms with van der Waals surface area (Å²) in [6, 6.07) is 0. The Bertz CT molecular complexity index is 340. The fraction of sp³-hybridized carbons (Fsp3) is 0.750. The lowest BCUT2D eigenvalue weighted by Crippen LogP contribution is -2.33. The minimum absolute atomic E-state index is 0.704.